The van der Waals surface area contributed by atoms with Gasteiger partial charge in [-0.15, -0.1) is 0 Å². The number of carboxylic acid groups (broad SMARTS) is 1. The first kappa shape index (κ1) is 23.3. The van der Waals surface area contributed by atoms with Crippen LogP contribution in [0.1, 0.15) is 92.4 Å². The normalized spacial score (nSPS) is 19.1. The van der Waals surface area contributed by atoms with Gasteiger partial charge in [0.1, 0.15) is 5.75 Å². The molecule has 2 fully saturated rings. The van der Waals surface area contributed by atoms with E-state index in [0.717, 1.165) is 49.3 Å². The molecule has 1 amide bonds. The Morgan fingerprint density at radius 2 is 1.79 bits per heavy atom. The number of rotatable bonds is 8. The third-order valence-electron chi connectivity index (χ3n) is 7.33. The molecule has 1 heterocycles. The highest BCUT2D eigenvalue weighted by atomic mass is 16.5. The number of nitrogens with one attached hydrogen (secondary N) is 1. The van der Waals surface area contributed by atoms with Crippen LogP contribution in [0.3, 0.4) is 0 Å². The fourth-order valence-corrected chi connectivity index (χ4v) is 5.24. The van der Waals surface area contributed by atoms with Gasteiger partial charge in [0.2, 0.25) is 5.91 Å². The van der Waals surface area contributed by atoms with E-state index >= 15 is 0 Å². The Morgan fingerprint density at radius 1 is 1.09 bits per heavy atom. The molecule has 2 N–H and O–H groups in total. The number of amides is 1. The molecule has 0 unspecified atom stereocenters. The molecule has 2 aliphatic carbocycles. The molecule has 176 valence electrons. The lowest BCUT2D eigenvalue weighted by molar-refractivity contribution is -0.127. The number of benzene rings is 1. The van der Waals surface area contributed by atoms with Crippen molar-refractivity contribution in [3.8, 4) is 5.75 Å². The summed E-state index contributed by atoms with van der Waals surface area (Å²) in [6.45, 7) is 2.65. The molecule has 0 spiro atoms. The maximum Gasteiger partial charge on any atom is 0.335 e. The minimum Gasteiger partial charge on any atom is -0.493 e. The molecule has 1 atom stereocenters. The second kappa shape index (κ2) is 10.4. The number of carbonyl (C=O) groups is 2. The van der Waals surface area contributed by atoms with Crippen molar-refractivity contribution in [1.29, 1.82) is 0 Å². The fourth-order valence-electron chi connectivity index (χ4n) is 5.24. The summed E-state index contributed by atoms with van der Waals surface area (Å²) < 4.78 is 6.13. The Kier molecular flexibility index (Phi) is 7.31. The van der Waals surface area contributed by atoms with Crippen LogP contribution < -0.4 is 10.1 Å². The lowest BCUT2D eigenvalue weighted by Crippen LogP contribution is -2.44. The molecule has 0 saturated heterocycles. The minimum atomic E-state index is -0.959. The van der Waals surface area contributed by atoms with E-state index in [-0.39, 0.29) is 17.5 Å². The first-order valence-corrected chi connectivity index (χ1v) is 12.2. The molecule has 6 heteroatoms. The number of nitrogens with zero attached hydrogens (tertiary/aromatic N) is 1. The quantitative estimate of drug-likeness (QED) is 0.560. The van der Waals surface area contributed by atoms with Gasteiger partial charge < -0.3 is 15.2 Å². The van der Waals surface area contributed by atoms with Crippen LogP contribution in [0.4, 0.5) is 0 Å². The van der Waals surface area contributed by atoms with Crippen LogP contribution in [0.15, 0.2) is 42.6 Å². The van der Waals surface area contributed by atoms with Crippen molar-refractivity contribution < 1.29 is 19.4 Å². The van der Waals surface area contributed by atoms with Crippen molar-refractivity contribution in [2.24, 2.45) is 5.92 Å². The molecule has 2 saturated carbocycles. The zero-order valence-electron chi connectivity index (χ0n) is 19.4. The van der Waals surface area contributed by atoms with Crippen LogP contribution in [0.5, 0.6) is 5.75 Å². The highest BCUT2D eigenvalue weighted by molar-refractivity contribution is 5.89. The molecule has 0 radical (unpaired) electrons. The Hall–Kier alpha value is -2.89. The minimum absolute atomic E-state index is 0.0215. The molecule has 0 bridgehead atoms. The second-order valence-electron chi connectivity index (χ2n) is 9.60. The summed E-state index contributed by atoms with van der Waals surface area (Å²) >= 11 is 0. The standard InChI is InChI=1S/C27H34N2O4/c1-19(21-9-11-22(12-10-21)25(30)31)29-26(32)27(14-5-6-15-27)24-17-23(13-16-28-24)33-18-20-7-3-2-4-8-20/h9-13,16-17,19-20H,2-8,14-15,18H2,1H3,(H,29,32)(H,30,31)/t19-/m0/s1. The van der Waals surface area contributed by atoms with E-state index in [1.165, 1.54) is 32.1 Å². The van der Waals surface area contributed by atoms with Crippen LogP contribution in [0, 0.1) is 5.92 Å². The van der Waals surface area contributed by atoms with E-state index in [9.17, 15) is 9.59 Å². The maximum absolute atomic E-state index is 13.6. The summed E-state index contributed by atoms with van der Waals surface area (Å²) in [7, 11) is 0. The number of carbonyl (C=O) groups excluding carboxylic acids is 1. The monoisotopic (exact) mass is 450 g/mol. The third-order valence-corrected chi connectivity index (χ3v) is 7.33. The number of ether oxygens (including phenoxy) is 1. The van der Waals surface area contributed by atoms with Crippen LogP contribution in [0.2, 0.25) is 0 Å². The smallest absolute Gasteiger partial charge is 0.335 e. The molecule has 0 aliphatic heterocycles. The number of aromatic carboxylic acids is 1. The number of aromatic nitrogens is 1. The zero-order valence-corrected chi connectivity index (χ0v) is 19.4. The average Bonchev–Trinajstić information content (AvgIpc) is 3.35. The number of pyridine rings is 1. The van der Waals surface area contributed by atoms with Gasteiger partial charge in [-0.2, -0.15) is 0 Å². The summed E-state index contributed by atoms with van der Waals surface area (Å²) in [6, 6.07) is 10.3. The summed E-state index contributed by atoms with van der Waals surface area (Å²) in [5.74, 6) is 0.431. The molecule has 33 heavy (non-hydrogen) atoms. The summed E-state index contributed by atoms with van der Waals surface area (Å²) in [5.41, 5.74) is 1.24. The van der Waals surface area contributed by atoms with Crippen molar-refractivity contribution in [2.75, 3.05) is 6.61 Å². The zero-order chi connectivity index (χ0) is 23.3. The Labute approximate surface area is 195 Å². The molecular weight excluding hydrogens is 416 g/mol. The number of hydrogen-bond donors (Lipinski definition) is 2. The lowest BCUT2D eigenvalue weighted by atomic mass is 9.80. The summed E-state index contributed by atoms with van der Waals surface area (Å²) in [6.07, 6.45) is 11.6. The highest BCUT2D eigenvalue weighted by Crippen LogP contribution is 2.42. The van der Waals surface area contributed by atoms with Gasteiger partial charge in [-0.3, -0.25) is 9.78 Å². The van der Waals surface area contributed by atoms with Crippen LogP contribution in [-0.4, -0.2) is 28.6 Å². The van der Waals surface area contributed by atoms with Gasteiger partial charge in [0.25, 0.3) is 0 Å². The molecule has 1 aromatic heterocycles. The third kappa shape index (κ3) is 5.37. The molecule has 4 rings (SSSR count). The topological polar surface area (TPSA) is 88.5 Å². The van der Waals surface area contributed by atoms with E-state index in [4.69, 9.17) is 9.84 Å². The van der Waals surface area contributed by atoms with E-state index in [0.29, 0.717) is 5.92 Å². The van der Waals surface area contributed by atoms with Crippen LogP contribution in [0.25, 0.3) is 0 Å². The highest BCUT2D eigenvalue weighted by Gasteiger charge is 2.44. The SMILES string of the molecule is C[C@H](NC(=O)C1(c2cc(OCC3CCCCC3)ccn2)CCCC1)c1ccc(C(=O)O)cc1. The van der Waals surface area contributed by atoms with Gasteiger partial charge in [-0.05, 0) is 62.3 Å². The molecule has 2 aliphatic rings. The maximum atomic E-state index is 13.6. The lowest BCUT2D eigenvalue weighted by Gasteiger charge is -2.29. The molecular formula is C27H34N2O4. The number of hydrogen-bond acceptors (Lipinski definition) is 4. The van der Waals surface area contributed by atoms with Crippen LogP contribution in [-0.2, 0) is 10.2 Å². The first-order valence-electron chi connectivity index (χ1n) is 12.2. The van der Waals surface area contributed by atoms with Crippen molar-refractivity contribution in [1.82, 2.24) is 10.3 Å². The Bertz CT molecular complexity index is 960. The molecule has 1 aromatic carbocycles. The van der Waals surface area contributed by atoms with Crippen LogP contribution >= 0.6 is 0 Å². The second-order valence-corrected chi connectivity index (χ2v) is 9.60. The van der Waals surface area contributed by atoms with Gasteiger partial charge in [-0.25, -0.2) is 4.79 Å². The van der Waals surface area contributed by atoms with E-state index < -0.39 is 11.4 Å². The summed E-state index contributed by atoms with van der Waals surface area (Å²) in [4.78, 5) is 29.3. The van der Waals surface area contributed by atoms with Crippen molar-refractivity contribution >= 4 is 11.9 Å². The van der Waals surface area contributed by atoms with Gasteiger partial charge >= 0.3 is 5.97 Å². The van der Waals surface area contributed by atoms with Gasteiger partial charge in [0.05, 0.1) is 29.3 Å². The van der Waals surface area contributed by atoms with Crippen molar-refractivity contribution in [3.05, 3.63) is 59.4 Å². The van der Waals surface area contributed by atoms with Crippen molar-refractivity contribution in [2.45, 2.75) is 76.2 Å². The molecule has 2 aromatic rings. The largest absolute Gasteiger partial charge is 0.493 e. The Morgan fingerprint density at radius 3 is 2.45 bits per heavy atom. The van der Waals surface area contributed by atoms with Crippen molar-refractivity contribution in [3.63, 3.8) is 0 Å². The predicted octanol–water partition coefficient (Wildman–Crippen LogP) is 5.43. The number of carboxylic acids is 1. The Balaban J connectivity index is 1.47. The van der Waals surface area contributed by atoms with E-state index in [1.54, 1.807) is 30.5 Å². The average molecular weight is 451 g/mol. The van der Waals surface area contributed by atoms with Gasteiger partial charge in [0, 0.05) is 12.3 Å². The molecule has 6 nitrogen and oxygen atoms in total. The summed E-state index contributed by atoms with van der Waals surface area (Å²) in [5, 5.41) is 12.3. The fraction of sp³-hybridized carbons (Fsp3) is 0.519. The van der Waals surface area contributed by atoms with Gasteiger partial charge in [0.15, 0.2) is 0 Å². The van der Waals surface area contributed by atoms with E-state index in [2.05, 4.69) is 10.3 Å². The van der Waals surface area contributed by atoms with E-state index in [1.807, 2.05) is 19.1 Å². The van der Waals surface area contributed by atoms with Gasteiger partial charge in [-0.1, -0.05) is 44.2 Å². The predicted molar refractivity (Wildman–Crippen MR) is 126 cm³/mol. The first-order chi connectivity index (χ1) is 16.0.